The van der Waals surface area contributed by atoms with E-state index < -0.39 is 16.6 Å². The van der Waals surface area contributed by atoms with Crippen LogP contribution in [0.1, 0.15) is 0 Å². The van der Waals surface area contributed by atoms with Gasteiger partial charge in [0, 0.05) is 32.2 Å². The normalized spacial score (nSPS) is 13.9. The predicted octanol–water partition coefficient (Wildman–Crippen LogP) is 3.39. The molecule has 0 saturated carbocycles. The fourth-order valence-corrected chi connectivity index (χ4v) is 5.58. The van der Waals surface area contributed by atoms with Gasteiger partial charge in [0.2, 0.25) is 5.91 Å². The van der Waals surface area contributed by atoms with E-state index >= 15 is 0 Å². The molecule has 0 bridgehead atoms. The van der Waals surface area contributed by atoms with Crippen molar-refractivity contribution < 1.29 is 27.1 Å². The number of sulfonamides is 1. The molecule has 0 spiro atoms. The van der Waals surface area contributed by atoms with Crippen LogP contribution in [0.3, 0.4) is 0 Å². The minimum atomic E-state index is -4.09. The Morgan fingerprint density at radius 2 is 1.58 bits per heavy atom. The number of piperazine rings is 1. The summed E-state index contributed by atoms with van der Waals surface area (Å²) in [6.07, 6.45) is 0. The van der Waals surface area contributed by atoms with E-state index in [0.29, 0.717) is 37.6 Å². The van der Waals surface area contributed by atoms with Crippen LogP contribution < -0.4 is 18.7 Å². The Hall–Kier alpha value is -3.79. The van der Waals surface area contributed by atoms with E-state index in [1.807, 2.05) is 4.90 Å². The van der Waals surface area contributed by atoms with Gasteiger partial charge in [-0.25, -0.2) is 12.8 Å². The lowest BCUT2D eigenvalue weighted by molar-refractivity contribution is -0.129. The van der Waals surface area contributed by atoms with Crippen molar-refractivity contribution in [3.63, 3.8) is 0 Å². The first kappa shape index (κ1) is 25.3. The highest BCUT2D eigenvalue weighted by Gasteiger charge is 2.32. The number of ether oxygens (including phenoxy) is 2. The van der Waals surface area contributed by atoms with Crippen LogP contribution in [-0.2, 0) is 14.8 Å². The van der Waals surface area contributed by atoms with Gasteiger partial charge in [0.05, 0.1) is 30.5 Å². The van der Waals surface area contributed by atoms with Crippen LogP contribution in [0.5, 0.6) is 11.5 Å². The summed E-state index contributed by atoms with van der Waals surface area (Å²) in [5, 5.41) is 0. The maximum atomic E-state index is 14.2. The van der Waals surface area contributed by atoms with E-state index in [1.54, 1.807) is 59.5 Å². The Balaban J connectivity index is 1.59. The zero-order valence-electron chi connectivity index (χ0n) is 20.1. The minimum absolute atomic E-state index is 0.0556. The summed E-state index contributed by atoms with van der Waals surface area (Å²) >= 11 is 0. The van der Waals surface area contributed by atoms with Crippen LogP contribution in [0, 0.1) is 5.82 Å². The van der Waals surface area contributed by atoms with Crippen molar-refractivity contribution >= 4 is 27.3 Å². The van der Waals surface area contributed by atoms with Crippen LogP contribution >= 0.6 is 0 Å². The number of nitrogens with zero attached hydrogens (tertiary/aromatic N) is 3. The summed E-state index contributed by atoms with van der Waals surface area (Å²) in [4.78, 5) is 16.9. The summed E-state index contributed by atoms with van der Waals surface area (Å²) in [7, 11) is -1.17. The Labute approximate surface area is 210 Å². The van der Waals surface area contributed by atoms with Crippen molar-refractivity contribution in [3.05, 3.63) is 78.6 Å². The van der Waals surface area contributed by atoms with Gasteiger partial charge < -0.3 is 19.3 Å². The molecule has 1 heterocycles. The number of hydrogen-bond acceptors (Lipinski definition) is 6. The van der Waals surface area contributed by atoms with E-state index in [-0.39, 0.29) is 28.1 Å². The second-order valence-electron chi connectivity index (χ2n) is 8.18. The Morgan fingerprint density at radius 1 is 0.917 bits per heavy atom. The zero-order valence-corrected chi connectivity index (χ0v) is 20.9. The maximum Gasteiger partial charge on any atom is 0.264 e. The van der Waals surface area contributed by atoms with Crippen molar-refractivity contribution in [3.8, 4) is 11.5 Å². The summed E-state index contributed by atoms with van der Waals surface area (Å²) in [5.41, 5.74) is 0.710. The average Bonchev–Trinajstić information content (AvgIpc) is 2.92. The van der Waals surface area contributed by atoms with Crippen molar-refractivity contribution in [1.29, 1.82) is 0 Å². The first-order valence-corrected chi connectivity index (χ1v) is 12.9. The number of anilines is 2. The molecule has 0 aliphatic carbocycles. The SMILES string of the molecule is COc1ccc(N(CC(=O)N2CCN(c3ccccc3F)CC2)S(=O)(=O)c2ccccc2)c(OC)c1. The number of para-hydroxylation sites is 1. The second kappa shape index (κ2) is 10.9. The van der Waals surface area contributed by atoms with E-state index in [1.165, 1.54) is 32.4 Å². The van der Waals surface area contributed by atoms with Crippen LogP contribution in [0.4, 0.5) is 15.8 Å². The number of carbonyl (C=O) groups excluding carboxylic acids is 1. The van der Waals surface area contributed by atoms with E-state index in [9.17, 15) is 17.6 Å². The van der Waals surface area contributed by atoms with Gasteiger partial charge in [-0.3, -0.25) is 9.10 Å². The molecule has 36 heavy (non-hydrogen) atoms. The third-order valence-electron chi connectivity index (χ3n) is 6.09. The molecule has 3 aromatic carbocycles. The molecule has 0 radical (unpaired) electrons. The van der Waals surface area contributed by atoms with E-state index in [4.69, 9.17) is 9.47 Å². The molecule has 1 aliphatic heterocycles. The Morgan fingerprint density at radius 3 is 2.22 bits per heavy atom. The molecule has 0 N–H and O–H groups in total. The monoisotopic (exact) mass is 513 g/mol. The first-order chi connectivity index (χ1) is 17.3. The molecule has 190 valence electrons. The van der Waals surface area contributed by atoms with Crippen LogP contribution in [0.25, 0.3) is 0 Å². The van der Waals surface area contributed by atoms with E-state index in [0.717, 1.165) is 4.31 Å². The van der Waals surface area contributed by atoms with Crippen LogP contribution in [-0.4, -0.2) is 66.2 Å². The fraction of sp³-hybridized carbons (Fsp3) is 0.269. The van der Waals surface area contributed by atoms with Gasteiger partial charge in [-0.1, -0.05) is 30.3 Å². The second-order valence-corrected chi connectivity index (χ2v) is 10.0. The largest absolute Gasteiger partial charge is 0.497 e. The van der Waals surface area contributed by atoms with Crippen molar-refractivity contribution in [1.82, 2.24) is 4.90 Å². The highest BCUT2D eigenvalue weighted by molar-refractivity contribution is 7.92. The number of carbonyl (C=O) groups is 1. The molecule has 4 rings (SSSR count). The Kier molecular flexibility index (Phi) is 7.64. The van der Waals surface area contributed by atoms with Crippen LogP contribution in [0.2, 0.25) is 0 Å². The van der Waals surface area contributed by atoms with Gasteiger partial charge in [-0.2, -0.15) is 0 Å². The molecule has 1 amide bonds. The van der Waals surface area contributed by atoms with Crippen molar-refractivity contribution in [2.75, 3.05) is 56.1 Å². The molecule has 1 aliphatic rings. The van der Waals surface area contributed by atoms with Crippen molar-refractivity contribution in [2.24, 2.45) is 0 Å². The fourth-order valence-electron chi connectivity index (χ4n) is 4.14. The number of halogens is 1. The highest BCUT2D eigenvalue weighted by Crippen LogP contribution is 2.35. The highest BCUT2D eigenvalue weighted by atomic mass is 32.2. The molecule has 10 heteroatoms. The molecule has 0 aromatic heterocycles. The quantitative estimate of drug-likeness (QED) is 0.460. The number of amides is 1. The predicted molar refractivity (Wildman–Crippen MR) is 136 cm³/mol. The molecule has 3 aromatic rings. The third kappa shape index (κ3) is 5.23. The standard InChI is InChI=1S/C26H28FN3O5S/c1-34-20-12-13-24(25(18-20)35-2)30(36(32,33)21-8-4-3-5-9-21)19-26(31)29-16-14-28(15-17-29)23-11-7-6-10-22(23)27/h3-13,18H,14-17,19H2,1-2H3. The summed E-state index contributed by atoms with van der Waals surface area (Å²) in [5.74, 6) is 0.0684. The van der Waals surface area contributed by atoms with Gasteiger partial charge in [-0.05, 0) is 36.4 Å². The first-order valence-electron chi connectivity index (χ1n) is 11.4. The zero-order chi connectivity index (χ0) is 25.7. The Bertz CT molecular complexity index is 1310. The minimum Gasteiger partial charge on any atom is -0.497 e. The van der Waals surface area contributed by atoms with Gasteiger partial charge in [-0.15, -0.1) is 0 Å². The molecule has 1 fully saturated rings. The maximum absolute atomic E-state index is 14.2. The van der Waals surface area contributed by atoms with Gasteiger partial charge in [0.15, 0.2) is 0 Å². The summed E-state index contributed by atoms with van der Waals surface area (Å²) < 4.78 is 53.3. The third-order valence-corrected chi connectivity index (χ3v) is 7.87. The smallest absolute Gasteiger partial charge is 0.264 e. The summed E-state index contributed by atoms with van der Waals surface area (Å²) in [6.45, 7) is 1.13. The van der Waals surface area contributed by atoms with Crippen LogP contribution in [0.15, 0.2) is 77.7 Å². The molecule has 0 unspecified atom stereocenters. The van der Waals surface area contributed by atoms with Gasteiger partial charge in [0.25, 0.3) is 10.0 Å². The molecule has 8 nitrogen and oxygen atoms in total. The number of benzene rings is 3. The van der Waals surface area contributed by atoms with Gasteiger partial charge >= 0.3 is 0 Å². The number of methoxy groups -OCH3 is 2. The van der Waals surface area contributed by atoms with Crippen molar-refractivity contribution in [2.45, 2.75) is 4.90 Å². The van der Waals surface area contributed by atoms with E-state index in [2.05, 4.69) is 0 Å². The van der Waals surface area contributed by atoms with Gasteiger partial charge in [0.1, 0.15) is 23.9 Å². The summed E-state index contributed by atoms with van der Waals surface area (Å²) in [6, 6.07) is 19.2. The molecular weight excluding hydrogens is 485 g/mol. The lowest BCUT2D eigenvalue weighted by Gasteiger charge is -2.37. The topological polar surface area (TPSA) is 79.4 Å². The molecular formula is C26H28FN3O5S. The lowest BCUT2D eigenvalue weighted by atomic mass is 10.2. The number of rotatable bonds is 8. The lowest BCUT2D eigenvalue weighted by Crippen LogP contribution is -2.52. The average molecular weight is 514 g/mol. The molecule has 0 atom stereocenters. The number of hydrogen-bond donors (Lipinski definition) is 0. The molecule has 1 saturated heterocycles.